The van der Waals surface area contributed by atoms with Gasteiger partial charge in [-0.25, -0.2) is 0 Å². The van der Waals surface area contributed by atoms with E-state index in [0.29, 0.717) is 19.6 Å². The largest absolute Gasteiger partial charge is 0.381 e. The molecule has 0 aliphatic carbocycles. The molecular formula is C11H24N2O2. The first-order valence-electron chi connectivity index (χ1n) is 5.59. The Balaban J connectivity index is 3.32. The molecule has 0 heterocycles. The number of carbonyl (C=O) groups is 1. The first-order chi connectivity index (χ1) is 6.95. The van der Waals surface area contributed by atoms with Crippen LogP contribution in [0.4, 0.5) is 0 Å². The number of hydrogen-bond donors (Lipinski definition) is 2. The standard InChI is InChI=1S/C11H24N2O2/c1-4-7-15-8-5-6-13-10(14)9-11(2,3)12/h4-9,12H2,1-3H3,(H,13,14). The van der Waals surface area contributed by atoms with E-state index in [9.17, 15) is 4.79 Å². The van der Waals surface area contributed by atoms with Gasteiger partial charge in [0.05, 0.1) is 0 Å². The number of amides is 1. The van der Waals surface area contributed by atoms with Gasteiger partial charge in [0.15, 0.2) is 0 Å². The molecule has 0 aliphatic rings. The maximum absolute atomic E-state index is 11.3. The van der Waals surface area contributed by atoms with Crippen LogP contribution in [0.1, 0.15) is 40.0 Å². The lowest BCUT2D eigenvalue weighted by atomic mass is 10.0. The lowest BCUT2D eigenvalue weighted by Crippen LogP contribution is -2.39. The molecule has 0 radical (unpaired) electrons. The highest BCUT2D eigenvalue weighted by molar-refractivity contribution is 5.76. The monoisotopic (exact) mass is 216 g/mol. The molecule has 3 N–H and O–H groups in total. The van der Waals surface area contributed by atoms with Crippen LogP contribution in [-0.2, 0) is 9.53 Å². The SMILES string of the molecule is CCCOCCCNC(=O)CC(C)(C)N. The third-order valence-corrected chi connectivity index (χ3v) is 1.75. The minimum atomic E-state index is -0.428. The first-order valence-corrected chi connectivity index (χ1v) is 5.59. The van der Waals surface area contributed by atoms with Crippen LogP contribution in [0.5, 0.6) is 0 Å². The Labute approximate surface area is 92.6 Å². The van der Waals surface area contributed by atoms with Gasteiger partial charge in [0.2, 0.25) is 5.91 Å². The Hall–Kier alpha value is -0.610. The van der Waals surface area contributed by atoms with Crippen molar-refractivity contribution < 1.29 is 9.53 Å². The predicted molar refractivity (Wildman–Crippen MR) is 61.6 cm³/mol. The summed E-state index contributed by atoms with van der Waals surface area (Å²) >= 11 is 0. The molecule has 0 unspecified atom stereocenters. The number of rotatable bonds is 8. The molecule has 0 aliphatic heterocycles. The zero-order valence-electron chi connectivity index (χ0n) is 10.1. The number of carbonyl (C=O) groups excluding carboxylic acids is 1. The molecule has 0 rings (SSSR count). The van der Waals surface area contributed by atoms with Crippen molar-refractivity contribution >= 4 is 5.91 Å². The van der Waals surface area contributed by atoms with E-state index >= 15 is 0 Å². The van der Waals surface area contributed by atoms with E-state index in [1.807, 2.05) is 13.8 Å². The molecule has 0 atom stereocenters. The van der Waals surface area contributed by atoms with E-state index in [0.717, 1.165) is 19.4 Å². The van der Waals surface area contributed by atoms with Crippen LogP contribution in [0.15, 0.2) is 0 Å². The van der Waals surface area contributed by atoms with Gasteiger partial charge in [-0.05, 0) is 26.7 Å². The Morgan fingerprint density at radius 3 is 2.60 bits per heavy atom. The highest BCUT2D eigenvalue weighted by atomic mass is 16.5. The van der Waals surface area contributed by atoms with Crippen LogP contribution in [0.25, 0.3) is 0 Å². The fourth-order valence-electron chi connectivity index (χ4n) is 1.12. The summed E-state index contributed by atoms with van der Waals surface area (Å²) in [5.74, 6) is 0.0120. The van der Waals surface area contributed by atoms with Crippen LogP contribution >= 0.6 is 0 Å². The van der Waals surface area contributed by atoms with E-state index in [1.165, 1.54) is 0 Å². The third-order valence-electron chi connectivity index (χ3n) is 1.75. The summed E-state index contributed by atoms with van der Waals surface area (Å²) in [6, 6.07) is 0. The van der Waals surface area contributed by atoms with Crippen molar-refractivity contribution in [2.45, 2.75) is 45.6 Å². The lowest BCUT2D eigenvalue weighted by molar-refractivity contribution is -0.122. The van der Waals surface area contributed by atoms with E-state index in [-0.39, 0.29) is 5.91 Å². The zero-order chi connectivity index (χ0) is 11.7. The minimum absolute atomic E-state index is 0.0120. The summed E-state index contributed by atoms with van der Waals surface area (Å²) in [6.07, 6.45) is 2.26. The van der Waals surface area contributed by atoms with Gasteiger partial charge in [-0.2, -0.15) is 0 Å². The molecule has 0 saturated carbocycles. The van der Waals surface area contributed by atoms with Gasteiger partial charge in [0.25, 0.3) is 0 Å². The summed E-state index contributed by atoms with van der Waals surface area (Å²) in [6.45, 7) is 7.93. The predicted octanol–water partition coefficient (Wildman–Crippen LogP) is 1.05. The second-order valence-corrected chi connectivity index (χ2v) is 4.48. The summed E-state index contributed by atoms with van der Waals surface area (Å²) in [5, 5.41) is 2.82. The number of nitrogens with one attached hydrogen (secondary N) is 1. The molecule has 1 amide bonds. The smallest absolute Gasteiger partial charge is 0.221 e. The van der Waals surface area contributed by atoms with Gasteiger partial charge in [-0.15, -0.1) is 0 Å². The Morgan fingerprint density at radius 2 is 2.07 bits per heavy atom. The molecule has 4 heteroatoms. The average Bonchev–Trinajstić information content (AvgIpc) is 2.08. The summed E-state index contributed by atoms with van der Waals surface area (Å²) in [4.78, 5) is 11.3. The molecule has 90 valence electrons. The molecule has 0 aromatic carbocycles. The molecule has 0 spiro atoms. The van der Waals surface area contributed by atoms with E-state index < -0.39 is 5.54 Å². The van der Waals surface area contributed by atoms with Gasteiger partial charge >= 0.3 is 0 Å². The summed E-state index contributed by atoms with van der Waals surface area (Å²) in [5.41, 5.74) is 5.29. The average molecular weight is 216 g/mol. The third kappa shape index (κ3) is 11.3. The molecule has 15 heavy (non-hydrogen) atoms. The van der Waals surface area contributed by atoms with Gasteiger partial charge in [0, 0.05) is 31.7 Å². The van der Waals surface area contributed by atoms with Crippen molar-refractivity contribution in [3.8, 4) is 0 Å². The molecular weight excluding hydrogens is 192 g/mol. The van der Waals surface area contributed by atoms with Crippen molar-refractivity contribution in [2.75, 3.05) is 19.8 Å². The van der Waals surface area contributed by atoms with Gasteiger partial charge in [-0.1, -0.05) is 6.92 Å². The lowest BCUT2D eigenvalue weighted by Gasteiger charge is -2.17. The molecule has 0 saturated heterocycles. The van der Waals surface area contributed by atoms with Crippen molar-refractivity contribution in [3.63, 3.8) is 0 Å². The Bertz CT molecular complexity index is 176. The van der Waals surface area contributed by atoms with Gasteiger partial charge in [-0.3, -0.25) is 4.79 Å². The molecule has 0 aromatic rings. The molecule has 0 bridgehead atoms. The number of ether oxygens (including phenoxy) is 1. The highest BCUT2D eigenvalue weighted by Gasteiger charge is 2.15. The summed E-state index contributed by atoms with van der Waals surface area (Å²) in [7, 11) is 0. The van der Waals surface area contributed by atoms with E-state index in [1.54, 1.807) is 0 Å². The van der Waals surface area contributed by atoms with Gasteiger partial charge < -0.3 is 15.8 Å². The fraction of sp³-hybridized carbons (Fsp3) is 0.909. The highest BCUT2D eigenvalue weighted by Crippen LogP contribution is 2.02. The molecule has 0 fully saturated rings. The fourth-order valence-corrected chi connectivity index (χ4v) is 1.12. The second kappa shape index (κ2) is 7.65. The van der Waals surface area contributed by atoms with Crippen molar-refractivity contribution in [1.82, 2.24) is 5.32 Å². The zero-order valence-corrected chi connectivity index (χ0v) is 10.1. The first kappa shape index (κ1) is 14.4. The van der Waals surface area contributed by atoms with Crippen LogP contribution in [-0.4, -0.2) is 31.2 Å². The normalized spacial score (nSPS) is 11.5. The maximum Gasteiger partial charge on any atom is 0.221 e. The van der Waals surface area contributed by atoms with Crippen molar-refractivity contribution in [3.05, 3.63) is 0 Å². The van der Waals surface area contributed by atoms with Crippen LogP contribution in [0.2, 0.25) is 0 Å². The minimum Gasteiger partial charge on any atom is -0.381 e. The quantitative estimate of drug-likeness (QED) is 0.596. The number of nitrogens with two attached hydrogens (primary N) is 1. The van der Waals surface area contributed by atoms with Crippen LogP contribution in [0, 0.1) is 0 Å². The number of hydrogen-bond acceptors (Lipinski definition) is 3. The van der Waals surface area contributed by atoms with E-state index in [2.05, 4.69) is 12.2 Å². The van der Waals surface area contributed by atoms with Crippen molar-refractivity contribution in [2.24, 2.45) is 5.73 Å². The van der Waals surface area contributed by atoms with Gasteiger partial charge in [0.1, 0.15) is 0 Å². The summed E-state index contributed by atoms with van der Waals surface area (Å²) < 4.78 is 5.29. The van der Waals surface area contributed by atoms with Crippen LogP contribution < -0.4 is 11.1 Å². The second-order valence-electron chi connectivity index (χ2n) is 4.48. The maximum atomic E-state index is 11.3. The van der Waals surface area contributed by atoms with E-state index in [4.69, 9.17) is 10.5 Å². The Kier molecular flexibility index (Phi) is 7.34. The molecule has 4 nitrogen and oxygen atoms in total. The van der Waals surface area contributed by atoms with Crippen molar-refractivity contribution in [1.29, 1.82) is 0 Å². The van der Waals surface area contributed by atoms with Crippen LogP contribution in [0.3, 0.4) is 0 Å². The Morgan fingerprint density at radius 1 is 1.40 bits per heavy atom. The topological polar surface area (TPSA) is 64.3 Å². The molecule has 0 aromatic heterocycles.